The van der Waals surface area contributed by atoms with E-state index in [1.165, 1.54) is 328 Å². The fraction of sp³-hybridized carbons (Fsp3) is 0.946. The molecule has 88 heavy (non-hydrogen) atoms. The van der Waals surface area contributed by atoms with Crippen molar-refractivity contribution in [1.29, 1.82) is 0 Å². The van der Waals surface area contributed by atoms with E-state index in [4.69, 9.17) is 20.4 Å². The molecule has 0 radical (unpaired) electrons. The van der Waals surface area contributed by atoms with Crippen LogP contribution in [0.15, 0.2) is 0 Å². The molecule has 0 spiro atoms. The predicted molar refractivity (Wildman–Crippen MR) is 381 cm³/mol. The van der Waals surface area contributed by atoms with E-state index in [-0.39, 0.29) is 13.1 Å². The standard InChI is InChI=1S/4C16H36N.C10H16N2O8/c4*1-5-9-13-17(14-10-6-2,15-11-7-3)16-12-8-4;13-7(14)3-11(4-8(15)16)1-2-12(5-9(17)18)6-10(19)20/h4*5-16H2,1-4H3;1-6H2,(H,13,14)(H,15,16)(H,17,18)(H,19,20)/q4*+1;. The Hall–Kier alpha value is -2.36. The Morgan fingerprint density at radius 1 is 0.205 bits per heavy atom. The zero-order valence-corrected chi connectivity index (χ0v) is 62.3. The van der Waals surface area contributed by atoms with Crippen molar-refractivity contribution in [3.63, 3.8) is 0 Å². The lowest BCUT2D eigenvalue weighted by molar-refractivity contribution is -0.929. The Kier molecular flexibility index (Phi) is 72.4. The highest BCUT2D eigenvalue weighted by molar-refractivity contribution is 5.73. The van der Waals surface area contributed by atoms with Crippen LogP contribution < -0.4 is 0 Å². The normalized spacial score (nSPS) is 11.7. The number of unbranched alkanes of at least 4 members (excludes halogenated alkanes) is 16. The fourth-order valence-electron chi connectivity index (χ4n) is 12.1. The number of carboxylic acids is 4. The molecule has 0 aliphatic carbocycles. The first-order chi connectivity index (χ1) is 42.2. The van der Waals surface area contributed by atoms with Crippen LogP contribution in [0.1, 0.15) is 316 Å². The molecule has 530 valence electrons. The zero-order chi connectivity index (χ0) is 67.6. The predicted octanol–water partition coefficient (Wildman–Crippen LogP) is 17.9. The van der Waals surface area contributed by atoms with Gasteiger partial charge in [0.1, 0.15) is 0 Å². The van der Waals surface area contributed by atoms with Gasteiger partial charge in [-0.2, -0.15) is 0 Å². The van der Waals surface area contributed by atoms with Gasteiger partial charge in [-0.15, -0.1) is 0 Å². The lowest BCUT2D eigenvalue weighted by Gasteiger charge is -2.39. The lowest BCUT2D eigenvalue weighted by Crippen LogP contribution is -2.50. The highest BCUT2D eigenvalue weighted by Crippen LogP contribution is 2.20. The molecular weight excluding hydrogens is 1100 g/mol. The van der Waals surface area contributed by atoms with Crippen LogP contribution in [0, 0.1) is 0 Å². The number of hydrogen-bond acceptors (Lipinski definition) is 6. The van der Waals surface area contributed by atoms with Crippen LogP contribution in [-0.4, -0.2) is 216 Å². The van der Waals surface area contributed by atoms with Crippen molar-refractivity contribution in [2.24, 2.45) is 0 Å². The van der Waals surface area contributed by atoms with E-state index in [1.54, 1.807) is 0 Å². The molecule has 0 aromatic carbocycles. The van der Waals surface area contributed by atoms with Crippen LogP contribution in [0.5, 0.6) is 0 Å². The molecule has 0 atom stereocenters. The van der Waals surface area contributed by atoms with E-state index in [0.29, 0.717) is 0 Å². The van der Waals surface area contributed by atoms with Gasteiger partial charge < -0.3 is 38.4 Å². The average molecular weight is 1260 g/mol. The number of rotatable bonds is 59. The maximum atomic E-state index is 10.6. The van der Waals surface area contributed by atoms with Crippen LogP contribution >= 0.6 is 0 Å². The van der Waals surface area contributed by atoms with Gasteiger partial charge in [-0.05, 0) is 103 Å². The molecule has 0 aliphatic heterocycles. The second-order valence-electron chi connectivity index (χ2n) is 26.6. The summed E-state index contributed by atoms with van der Waals surface area (Å²) in [5, 5.41) is 34.5. The Morgan fingerprint density at radius 3 is 0.364 bits per heavy atom. The van der Waals surface area contributed by atoms with Crippen molar-refractivity contribution < 1.29 is 57.5 Å². The van der Waals surface area contributed by atoms with E-state index in [2.05, 4.69) is 111 Å². The summed E-state index contributed by atoms with van der Waals surface area (Å²) in [5.41, 5.74) is 0. The Bertz CT molecular complexity index is 1140. The number of aliphatic carboxylic acids is 4. The summed E-state index contributed by atoms with van der Waals surface area (Å²) < 4.78 is 5.68. The molecule has 14 nitrogen and oxygen atoms in total. The van der Waals surface area contributed by atoms with Crippen LogP contribution in [0.2, 0.25) is 0 Å². The first kappa shape index (κ1) is 94.3. The molecule has 14 heteroatoms. The zero-order valence-electron chi connectivity index (χ0n) is 62.3. The van der Waals surface area contributed by atoms with Gasteiger partial charge in [0.05, 0.1) is 131 Å². The van der Waals surface area contributed by atoms with Crippen LogP contribution in [0.4, 0.5) is 0 Å². The van der Waals surface area contributed by atoms with E-state index in [1.807, 2.05) is 0 Å². The summed E-state index contributed by atoms with van der Waals surface area (Å²) in [6.07, 6.45) is 44.2. The minimum absolute atomic E-state index is 0.0703. The van der Waals surface area contributed by atoms with Crippen LogP contribution in [-0.2, 0) is 19.2 Å². The smallest absolute Gasteiger partial charge is 0.317 e. The average Bonchev–Trinajstić information content (AvgIpc) is 3.72. The molecule has 0 saturated carbocycles. The minimum atomic E-state index is -1.23. The van der Waals surface area contributed by atoms with Gasteiger partial charge in [0.2, 0.25) is 0 Å². The molecule has 4 N–H and O–H groups in total. The van der Waals surface area contributed by atoms with Gasteiger partial charge in [-0.3, -0.25) is 29.0 Å². The largest absolute Gasteiger partial charge is 0.480 e. The summed E-state index contributed by atoms with van der Waals surface area (Å²) >= 11 is 0. The Balaban J connectivity index is -0.000000327. The molecule has 0 rings (SSSR count). The van der Waals surface area contributed by atoms with E-state index in [0.717, 1.165) is 9.80 Å². The van der Waals surface area contributed by atoms with E-state index < -0.39 is 50.1 Å². The third kappa shape index (κ3) is 58.7. The molecule has 0 aliphatic rings. The fourth-order valence-corrected chi connectivity index (χ4v) is 12.1. The van der Waals surface area contributed by atoms with E-state index >= 15 is 0 Å². The summed E-state index contributed by atoms with van der Waals surface area (Å²) in [7, 11) is 0. The highest BCUT2D eigenvalue weighted by Gasteiger charge is 2.28. The van der Waals surface area contributed by atoms with Crippen molar-refractivity contribution in [3.05, 3.63) is 0 Å². The summed E-state index contributed by atoms with van der Waals surface area (Å²) in [5.74, 6) is -4.91. The number of carbonyl (C=O) groups is 4. The van der Waals surface area contributed by atoms with Gasteiger partial charge >= 0.3 is 23.9 Å². The van der Waals surface area contributed by atoms with Crippen molar-refractivity contribution in [2.75, 3.05) is 144 Å². The lowest BCUT2D eigenvalue weighted by atomic mass is 10.1. The van der Waals surface area contributed by atoms with Gasteiger partial charge in [0.25, 0.3) is 0 Å². The Labute approximate surface area is 549 Å². The molecule has 0 aromatic heterocycles. The quantitative estimate of drug-likeness (QED) is 0.0433. The molecule has 0 aromatic rings. The first-order valence-electron chi connectivity index (χ1n) is 37.9. The second kappa shape index (κ2) is 67.5. The van der Waals surface area contributed by atoms with Gasteiger partial charge in [-0.25, -0.2) is 0 Å². The summed E-state index contributed by atoms with van der Waals surface area (Å²) in [4.78, 5) is 44.4. The molecule has 0 heterocycles. The molecule has 0 amide bonds. The maximum Gasteiger partial charge on any atom is 0.317 e. The van der Waals surface area contributed by atoms with Crippen molar-refractivity contribution >= 4 is 23.9 Å². The summed E-state index contributed by atoms with van der Waals surface area (Å²) in [6.45, 7) is 57.8. The topological polar surface area (TPSA) is 156 Å². The van der Waals surface area contributed by atoms with Gasteiger partial charge in [0, 0.05) is 13.1 Å². The van der Waals surface area contributed by atoms with Crippen LogP contribution in [0.3, 0.4) is 0 Å². The Morgan fingerprint density at radius 2 is 0.295 bits per heavy atom. The minimum Gasteiger partial charge on any atom is -0.480 e. The number of nitrogens with zero attached hydrogens (tertiary/aromatic N) is 6. The maximum absolute atomic E-state index is 10.6. The second-order valence-corrected chi connectivity index (χ2v) is 26.6. The molecule has 0 bridgehead atoms. The highest BCUT2D eigenvalue weighted by atomic mass is 16.4. The first-order valence-corrected chi connectivity index (χ1v) is 37.9. The van der Waals surface area contributed by atoms with Gasteiger partial charge in [0.15, 0.2) is 0 Å². The van der Waals surface area contributed by atoms with Crippen molar-refractivity contribution in [2.45, 2.75) is 316 Å². The number of carboxylic acid groups (broad SMARTS) is 4. The molecule has 0 saturated heterocycles. The van der Waals surface area contributed by atoms with Crippen molar-refractivity contribution in [3.8, 4) is 0 Å². The monoisotopic (exact) mass is 1260 g/mol. The van der Waals surface area contributed by atoms with Crippen molar-refractivity contribution in [1.82, 2.24) is 9.80 Å². The molecular formula is C74H160N6O8+4. The van der Waals surface area contributed by atoms with Gasteiger partial charge in [-0.1, -0.05) is 214 Å². The summed E-state index contributed by atoms with van der Waals surface area (Å²) in [6, 6.07) is 0. The van der Waals surface area contributed by atoms with E-state index in [9.17, 15) is 19.2 Å². The molecule has 0 fully saturated rings. The third-order valence-corrected chi connectivity index (χ3v) is 17.9. The number of quaternary nitrogens is 4. The van der Waals surface area contributed by atoms with Crippen LogP contribution in [0.25, 0.3) is 0 Å². The third-order valence-electron chi connectivity index (χ3n) is 17.9. The molecule has 0 unspecified atom stereocenters. The SMILES string of the molecule is CCCC[N+](CCCC)(CCCC)CCCC.CCCC[N+](CCCC)(CCCC)CCCC.CCCC[N+](CCCC)(CCCC)CCCC.CCCC[N+](CCCC)(CCCC)CCCC.O=C(O)CN(CCN(CC(=O)O)CC(=O)O)CC(=O)O. The number of hydrogen-bond donors (Lipinski definition) is 4.